The van der Waals surface area contributed by atoms with Crippen LogP contribution in [0.2, 0.25) is 0 Å². The molecule has 2 rings (SSSR count). The van der Waals surface area contributed by atoms with Crippen LogP contribution in [0.1, 0.15) is 25.7 Å². The Morgan fingerprint density at radius 3 is 2.76 bits per heavy atom. The lowest BCUT2D eigenvalue weighted by Crippen LogP contribution is -2.46. The van der Waals surface area contributed by atoms with Gasteiger partial charge in [-0.15, -0.1) is 0 Å². The number of aliphatic hydroxyl groups excluding tert-OH is 1. The van der Waals surface area contributed by atoms with Gasteiger partial charge in [-0.3, -0.25) is 4.90 Å². The zero-order valence-electron chi connectivity index (χ0n) is 11.3. The molecule has 2 aliphatic rings. The first-order chi connectivity index (χ1) is 8.19. The van der Waals surface area contributed by atoms with Gasteiger partial charge in [0.15, 0.2) is 0 Å². The van der Waals surface area contributed by atoms with Crippen molar-refractivity contribution in [3.05, 3.63) is 0 Å². The molecule has 17 heavy (non-hydrogen) atoms. The lowest BCUT2D eigenvalue weighted by Gasteiger charge is -2.30. The molecular weight excluding hydrogens is 214 g/mol. The van der Waals surface area contributed by atoms with Crippen molar-refractivity contribution >= 4 is 0 Å². The van der Waals surface area contributed by atoms with Gasteiger partial charge in [0.25, 0.3) is 0 Å². The molecule has 0 aromatic carbocycles. The van der Waals surface area contributed by atoms with Crippen LogP contribution < -0.4 is 5.32 Å². The van der Waals surface area contributed by atoms with E-state index in [1.807, 2.05) is 7.05 Å². The molecule has 100 valence electrons. The first-order valence-electron chi connectivity index (χ1n) is 6.91. The summed E-state index contributed by atoms with van der Waals surface area (Å²) in [7, 11) is 4.19. The van der Waals surface area contributed by atoms with Crippen LogP contribution in [-0.4, -0.2) is 73.4 Å². The Bertz CT molecular complexity index is 243. The molecule has 0 aromatic heterocycles. The predicted octanol–water partition coefficient (Wildman–Crippen LogP) is 0.127. The summed E-state index contributed by atoms with van der Waals surface area (Å²) in [6.07, 6.45) is 4.71. The number of hydrogen-bond donors (Lipinski definition) is 2. The molecule has 1 aliphatic heterocycles. The SMILES string of the molecule is CNC1(CO)CCC(N2CCCN(C)CC2)C1. The normalized spacial score (nSPS) is 37.2. The summed E-state index contributed by atoms with van der Waals surface area (Å²) in [5.41, 5.74) is -0.0110. The van der Waals surface area contributed by atoms with E-state index < -0.39 is 0 Å². The molecule has 0 bridgehead atoms. The van der Waals surface area contributed by atoms with E-state index in [1.54, 1.807) is 0 Å². The van der Waals surface area contributed by atoms with Crippen LogP contribution in [0, 0.1) is 0 Å². The third-order valence-corrected chi connectivity index (χ3v) is 4.69. The fourth-order valence-corrected chi connectivity index (χ4v) is 3.29. The van der Waals surface area contributed by atoms with Crippen molar-refractivity contribution in [2.24, 2.45) is 0 Å². The highest BCUT2D eigenvalue weighted by Crippen LogP contribution is 2.32. The van der Waals surface area contributed by atoms with Crippen LogP contribution in [0.5, 0.6) is 0 Å². The number of rotatable bonds is 3. The molecule has 4 heteroatoms. The molecule has 4 nitrogen and oxygen atoms in total. The Labute approximate surface area is 105 Å². The highest BCUT2D eigenvalue weighted by atomic mass is 16.3. The Hall–Kier alpha value is -0.160. The van der Waals surface area contributed by atoms with Gasteiger partial charge in [-0.05, 0) is 52.9 Å². The molecule has 1 saturated carbocycles. The van der Waals surface area contributed by atoms with Crippen molar-refractivity contribution in [1.29, 1.82) is 0 Å². The van der Waals surface area contributed by atoms with Crippen LogP contribution >= 0.6 is 0 Å². The summed E-state index contributed by atoms with van der Waals surface area (Å²) < 4.78 is 0. The monoisotopic (exact) mass is 241 g/mol. The molecule has 2 unspecified atom stereocenters. The fraction of sp³-hybridized carbons (Fsp3) is 1.00. The van der Waals surface area contributed by atoms with E-state index in [9.17, 15) is 5.11 Å². The van der Waals surface area contributed by atoms with Crippen molar-refractivity contribution in [1.82, 2.24) is 15.1 Å². The summed E-state index contributed by atoms with van der Waals surface area (Å²) in [5.74, 6) is 0. The van der Waals surface area contributed by atoms with E-state index in [0.29, 0.717) is 6.04 Å². The van der Waals surface area contributed by atoms with Crippen molar-refractivity contribution in [3.8, 4) is 0 Å². The van der Waals surface area contributed by atoms with Crippen LogP contribution in [0.3, 0.4) is 0 Å². The van der Waals surface area contributed by atoms with E-state index in [1.165, 1.54) is 39.0 Å². The number of nitrogens with zero attached hydrogens (tertiary/aromatic N) is 2. The molecule has 0 aromatic rings. The highest BCUT2D eigenvalue weighted by Gasteiger charge is 2.39. The molecule has 2 fully saturated rings. The fourth-order valence-electron chi connectivity index (χ4n) is 3.29. The number of nitrogens with one attached hydrogen (secondary N) is 1. The van der Waals surface area contributed by atoms with Gasteiger partial charge in [0.05, 0.1) is 6.61 Å². The van der Waals surface area contributed by atoms with Gasteiger partial charge >= 0.3 is 0 Å². The predicted molar refractivity (Wildman–Crippen MR) is 70.2 cm³/mol. The van der Waals surface area contributed by atoms with E-state index in [0.717, 1.165) is 12.8 Å². The van der Waals surface area contributed by atoms with Gasteiger partial charge in [0, 0.05) is 24.7 Å². The summed E-state index contributed by atoms with van der Waals surface area (Å²) >= 11 is 0. The zero-order chi connectivity index (χ0) is 12.3. The highest BCUT2D eigenvalue weighted by molar-refractivity contribution is 4.99. The average Bonchev–Trinajstić information content (AvgIpc) is 2.67. The maximum Gasteiger partial charge on any atom is 0.0613 e. The number of aliphatic hydroxyl groups is 1. The van der Waals surface area contributed by atoms with Gasteiger partial charge in [0.2, 0.25) is 0 Å². The maximum atomic E-state index is 9.54. The molecule has 2 atom stereocenters. The second-order valence-electron chi connectivity index (χ2n) is 5.78. The van der Waals surface area contributed by atoms with Crippen molar-refractivity contribution in [2.75, 3.05) is 46.9 Å². The van der Waals surface area contributed by atoms with Crippen LogP contribution in [0.15, 0.2) is 0 Å². The van der Waals surface area contributed by atoms with E-state index in [2.05, 4.69) is 22.2 Å². The molecule has 0 spiro atoms. The Morgan fingerprint density at radius 1 is 1.29 bits per heavy atom. The summed E-state index contributed by atoms with van der Waals surface area (Å²) in [5, 5.41) is 12.9. The van der Waals surface area contributed by atoms with Crippen LogP contribution in [-0.2, 0) is 0 Å². The zero-order valence-corrected chi connectivity index (χ0v) is 11.3. The molecule has 2 N–H and O–H groups in total. The summed E-state index contributed by atoms with van der Waals surface area (Å²) in [4.78, 5) is 5.06. The molecule has 1 heterocycles. The second-order valence-corrected chi connectivity index (χ2v) is 5.78. The van der Waals surface area contributed by atoms with Gasteiger partial charge in [0.1, 0.15) is 0 Å². The van der Waals surface area contributed by atoms with E-state index >= 15 is 0 Å². The smallest absolute Gasteiger partial charge is 0.0613 e. The summed E-state index contributed by atoms with van der Waals surface area (Å²) in [6, 6.07) is 0.668. The Morgan fingerprint density at radius 2 is 2.12 bits per heavy atom. The Balaban J connectivity index is 1.91. The number of likely N-dealkylation sites (N-methyl/N-ethyl adjacent to an activating group) is 2. The lowest BCUT2D eigenvalue weighted by molar-refractivity contribution is 0.149. The van der Waals surface area contributed by atoms with Gasteiger partial charge < -0.3 is 15.3 Å². The third kappa shape index (κ3) is 2.99. The quantitative estimate of drug-likeness (QED) is 0.736. The molecule has 0 radical (unpaired) electrons. The minimum atomic E-state index is -0.0110. The van der Waals surface area contributed by atoms with Crippen LogP contribution in [0.25, 0.3) is 0 Å². The third-order valence-electron chi connectivity index (χ3n) is 4.69. The van der Waals surface area contributed by atoms with Gasteiger partial charge in [-0.25, -0.2) is 0 Å². The standard InChI is InChI=1S/C13H27N3O/c1-14-13(11-17)5-4-12(10-13)16-7-3-6-15(2)8-9-16/h12,14,17H,3-11H2,1-2H3. The lowest BCUT2D eigenvalue weighted by atomic mass is 9.99. The summed E-state index contributed by atoms with van der Waals surface area (Å²) in [6.45, 7) is 5.09. The van der Waals surface area contributed by atoms with Crippen molar-refractivity contribution in [2.45, 2.75) is 37.3 Å². The van der Waals surface area contributed by atoms with E-state index in [-0.39, 0.29) is 12.1 Å². The second kappa shape index (κ2) is 5.65. The molecule has 1 aliphatic carbocycles. The van der Waals surface area contributed by atoms with Gasteiger partial charge in [-0.1, -0.05) is 0 Å². The molecular formula is C13H27N3O. The first kappa shape index (κ1) is 13.3. The van der Waals surface area contributed by atoms with Gasteiger partial charge in [-0.2, -0.15) is 0 Å². The topological polar surface area (TPSA) is 38.7 Å². The minimum absolute atomic E-state index is 0.0110. The Kier molecular flexibility index (Phi) is 4.42. The van der Waals surface area contributed by atoms with Crippen LogP contribution in [0.4, 0.5) is 0 Å². The molecule has 1 saturated heterocycles. The number of hydrogen-bond acceptors (Lipinski definition) is 4. The van der Waals surface area contributed by atoms with E-state index in [4.69, 9.17) is 0 Å². The minimum Gasteiger partial charge on any atom is -0.394 e. The van der Waals surface area contributed by atoms with Crippen molar-refractivity contribution in [3.63, 3.8) is 0 Å². The average molecular weight is 241 g/mol. The van der Waals surface area contributed by atoms with Crippen molar-refractivity contribution < 1.29 is 5.11 Å². The molecule has 0 amide bonds. The largest absolute Gasteiger partial charge is 0.394 e. The maximum absolute atomic E-state index is 9.54. The first-order valence-corrected chi connectivity index (χ1v) is 6.91.